The van der Waals surface area contributed by atoms with Gasteiger partial charge in [-0.25, -0.2) is 13.8 Å². The quantitative estimate of drug-likeness (QED) is 0.387. The Labute approximate surface area is 198 Å². The molecule has 2 aromatic carbocycles. The summed E-state index contributed by atoms with van der Waals surface area (Å²) >= 11 is 0. The smallest absolute Gasteiger partial charge is 0.251 e. The molecule has 5 rings (SSSR count). The average molecular weight is 465 g/mol. The summed E-state index contributed by atoms with van der Waals surface area (Å²) in [7, 11) is 0. The maximum Gasteiger partial charge on any atom is 0.251 e. The van der Waals surface area contributed by atoms with Gasteiger partial charge in [-0.05, 0) is 42.2 Å². The van der Waals surface area contributed by atoms with Crippen molar-refractivity contribution >= 4 is 27.8 Å². The SMILES string of the molecule is NC(=O)c1cnc2[nH]ccc2c1C#CC#CCC(c1cc(F)ccc1F)n1cc2ccccc2n1. The van der Waals surface area contributed by atoms with E-state index in [1.807, 2.05) is 24.3 Å². The maximum absolute atomic E-state index is 14.7. The van der Waals surface area contributed by atoms with E-state index in [9.17, 15) is 13.6 Å². The van der Waals surface area contributed by atoms with Crippen molar-refractivity contribution in [2.24, 2.45) is 5.73 Å². The molecule has 0 bridgehead atoms. The first-order valence-corrected chi connectivity index (χ1v) is 10.6. The van der Waals surface area contributed by atoms with E-state index in [0.717, 1.165) is 29.1 Å². The van der Waals surface area contributed by atoms with Crippen LogP contribution in [0.3, 0.4) is 0 Å². The average Bonchev–Trinajstić information content (AvgIpc) is 3.50. The Morgan fingerprint density at radius 3 is 2.83 bits per heavy atom. The molecule has 0 fully saturated rings. The van der Waals surface area contributed by atoms with E-state index in [2.05, 4.69) is 38.7 Å². The van der Waals surface area contributed by atoms with Crippen molar-refractivity contribution in [3.63, 3.8) is 0 Å². The first-order chi connectivity index (χ1) is 17.0. The molecule has 1 amide bonds. The molecule has 0 aliphatic heterocycles. The third-order valence-corrected chi connectivity index (χ3v) is 5.55. The molecule has 0 aliphatic carbocycles. The molecular weight excluding hydrogens is 448 g/mol. The first kappa shape index (κ1) is 21.9. The lowest BCUT2D eigenvalue weighted by molar-refractivity contribution is 0.1000. The first-order valence-electron chi connectivity index (χ1n) is 10.6. The highest BCUT2D eigenvalue weighted by atomic mass is 19.1. The summed E-state index contributed by atoms with van der Waals surface area (Å²) in [6.07, 6.45) is 4.95. The normalized spacial score (nSPS) is 11.5. The second-order valence-corrected chi connectivity index (χ2v) is 7.76. The molecule has 5 aromatic rings. The molecule has 170 valence electrons. The summed E-state index contributed by atoms with van der Waals surface area (Å²) in [5.41, 5.74) is 7.51. The molecule has 0 radical (unpaired) electrons. The number of nitrogens with two attached hydrogens (primary N) is 1. The number of fused-ring (bicyclic) bond motifs is 2. The van der Waals surface area contributed by atoms with Crippen molar-refractivity contribution in [2.75, 3.05) is 0 Å². The van der Waals surface area contributed by atoms with Crippen LogP contribution in [0.15, 0.2) is 67.1 Å². The van der Waals surface area contributed by atoms with Crippen LogP contribution in [0.5, 0.6) is 0 Å². The van der Waals surface area contributed by atoms with E-state index < -0.39 is 23.6 Å². The second-order valence-electron chi connectivity index (χ2n) is 7.76. The minimum atomic E-state index is -0.675. The van der Waals surface area contributed by atoms with Crippen molar-refractivity contribution in [1.29, 1.82) is 0 Å². The Bertz CT molecular complexity index is 1680. The number of nitrogens with one attached hydrogen (secondary N) is 1. The highest BCUT2D eigenvalue weighted by Crippen LogP contribution is 2.27. The molecule has 3 N–H and O–H groups in total. The van der Waals surface area contributed by atoms with Gasteiger partial charge in [0.05, 0.1) is 22.7 Å². The lowest BCUT2D eigenvalue weighted by atomic mass is 10.0. The summed E-state index contributed by atoms with van der Waals surface area (Å²) < 4.78 is 30.2. The molecule has 8 heteroatoms. The number of H-pyrrole nitrogens is 1. The molecule has 0 aliphatic rings. The molecule has 6 nitrogen and oxygen atoms in total. The van der Waals surface area contributed by atoms with Crippen LogP contribution in [0, 0.1) is 35.3 Å². The third kappa shape index (κ3) is 4.33. The lowest BCUT2D eigenvalue weighted by Gasteiger charge is -2.16. The fourth-order valence-electron chi connectivity index (χ4n) is 3.87. The molecular formula is C27H17F2N5O. The molecule has 0 spiro atoms. The van der Waals surface area contributed by atoms with E-state index in [4.69, 9.17) is 5.73 Å². The summed E-state index contributed by atoms with van der Waals surface area (Å²) in [5.74, 6) is 9.52. The van der Waals surface area contributed by atoms with Crippen LogP contribution in [-0.4, -0.2) is 25.7 Å². The van der Waals surface area contributed by atoms with Crippen LogP contribution in [0.1, 0.15) is 33.9 Å². The van der Waals surface area contributed by atoms with Crippen molar-refractivity contribution in [3.05, 3.63) is 95.4 Å². The zero-order valence-corrected chi connectivity index (χ0v) is 18.2. The van der Waals surface area contributed by atoms with E-state index >= 15 is 0 Å². The highest BCUT2D eigenvalue weighted by Gasteiger charge is 2.19. The van der Waals surface area contributed by atoms with E-state index in [1.165, 1.54) is 6.20 Å². The summed E-state index contributed by atoms with van der Waals surface area (Å²) in [6.45, 7) is 0. The Kier molecular flexibility index (Phi) is 5.70. The fourth-order valence-corrected chi connectivity index (χ4v) is 3.87. The van der Waals surface area contributed by atoms with Crippen LogP contribution in [0.2, 0.25) is 0 Å². The number of aromatic amines is 1. The number of rotatable bonds is 4. The number of nitrogens with zero attached hydrogens (tertiary/aromatic N) is 3. The Hall–Kier alpha value is -4.95. The predicted molar refractivity (Wildman–Crippen MR) is 128 cm³/mol. The number of aromatic nitrogens is 4. The molecule has 0 saturated carbocycles. The van der Waals surface area contributed by atoms with Gasteiger partial charge in [-0.3, -0.25) is 9.48 Å². The van der Waals surface area contributed by atoms with Crippen LogP contribution in [0.25, 0.3) is 21.9 Å². The van der Waals surface area contributed by atoms with Gasteiger partial charge in [0.2, 0.25) is 0 Å². The predicted octanol–water partition coefficient (Wildman–Crippen LogP) is 4.32. The Balaban J connectivity index is 1.50. The number of halogens is 2. The van der Waals surface area contributed by atoms with Gasteiger partial charge in [0.15, 0.2) is 0 Å². The van der Waals surface area contributed by atoms with Gasteiger partial charge in [-0.15, -0.1) is 0 Å². The number of pyridine rings is 1. The molecule has 3 heterocycles. The van der Waals surface area contributed by atoms with Gasteiger partial charge < -0.3 is 10.7 Å². The van der Waals surface area contributed by atoms with Gasteiger partial charge >= 0.3 is 0 Å². The topological polar surface area (TPSA) is 89.6 Å². The minimum Gasteiger partial charge on any atom is -0.366 e. The van der Waals surface area contributed by atoms with Crippen molar-refractivity contribution in [1.82, 2.24) is 19.7 Å². The molecule has 35 heavy (non-hydrogen) atoms. The van der Waals surface area contributed by atoms with E-state index in [0.29, 0.717) is 16.6 Å². The number of carbonyl (C=O) groups excluding carboxylic acids is 1. The summed E-state index contributed by atoms with van der Waals surface area (Å²) in [4.78, 5) is 18.9. The zero-order valence-electron chi connectivity index (χ0n) is 18.2. The van der Waals surface area contributed by atoms with Crippen molar-refractivity contribution < 1.29 is 13.6 Å². The Morgan fingerprint density at radius 1 is 1.14 bits per heavy atom. The molecule has 3 aromatic heterocycles. The standard InChI is InChI=1S/C27H17F2N5O/c28-18-10-11-23(29)21(14-18)25(34-16-17-6-4-5-8-24(17)33-34)9-3-1-2-7-19-20-12-13-31-27(20)32-15-22(19)26(30)35/h4-6,8,10-16,25H,9H2,(H2,30,35)(H,31,32). The van der Waals surface area contributed by atoms with E-state index in [-0.39, 0.29) is 17.5 Å². The molecule has 1 atom stereocenters. The number of carbonyl (C=O) groups is 1. The molecule has 1 unspecified atom stereocenters. The van der Waals surface area contributed by atoms with Crippen LogP contribution < -0.4 is 5.73 Å². The van der Waals surface area contributed by atoms with Gasteiger partial charge in [0, 0.05) is 41.3 Å². The summed E-state index contributed by atoms with van der Waals surface area (Å²) in [5, 5.41) is 6.05. The number of hydrogen-bond donors (Lipinski definition) is 2. The van der Waals surface area contributed by atoms with Gasteiger partial charge in [0.25, 0.3) is 5.91 Å². The Morgan fingerprint density at radius 2 is 2.00 bits per heavy atom. The van der Waals surface area contributed by atoms with Gasteiger partial charge in [-0.2, -0.15) is 5.10 Å². The largest absolute Gasteiger partial charge is 0.366 e. The van der Waals surface area contributed by atoms with E-state index in [1.54, 1.807) is 23.1 Å². The maximum atomic E-state index is 14.7. The van der Waals surface area contributed by atoms with Gasteiger partial charge in [-0.1, -0.05) is 30.0 Å². The monoisotopic (exact) mass is 465 g/mol. The fraction of sp³-hybridized carbons (Fsp3) is 0.0741. The zero-order chi connectivity index (χ0) is 24.4. The van der Waals surface area contributed by atoms with Crippen molar-refractivity contribution in [3.8, 4) is 23.7 Å². The van der Waals surface area contributed by atoms with Crippen LogP contribution in [0.4, 0.5) is 8.78 Å². The number of hydrogen-bond acceptors (Lipinski definition) is 3. The second kappa shape index (κ2) is 9.12. The van der Waals surface area contributed by atoms with Crippen molar-refractivity contribution in [2.45, 2.75) is 12.5 Å². The molecule has 0 saturated heterocycles. The number of primary amides is 1. The number of amides is 1. The van der Waals surface area contributed by atoms with Crippen LogP contribution in [-0.2, 0) is 0 Å². The lowest BCUT2D eigenvalue weighted by Crippen LogP contribution is -2.13. The minimum absolute atomic E-state index is 0.127. The van der Waals surface area contributed by atoms with Crippen LogP contribution >= 0.6 is 0 Å². The highest BCUT2D eigenvalue weighted by molar-refractivity contribution is 6.00. The summed E-state index contributed by atoms with van der Waals surface area (Å²) in [6, 6.07) is 11.8. The third-order valence-electron chi connectivity index (χ3n) is 5.55. The van der Waals surface area contributed by atoms with Gasteiger partial charge in [0.1, 0.15) is 17.3 Å². The number of benzene rings is 2.